The molecule has 2 aromatic carbocycles. The van der Waals surface area contributed by atoms with Gasteiger partial charge in [-0.2, -0.15) is 0 Å². The lowest BCUT2D eigenvalue weighted by molar-refractivity contribution is -0.122. The first kappa shape index (κ1) is 18.9. The van der Waals surface area contributed by atoms with E-state index in [1.165, 1.54) is 17.7 Å². The Kier molecular flexibility index (Phi) is 6.39. The van der Waals surface area contributed by atoms with Crippen molar-refractivity contribution >= 4 is 46.4 Å². The van der Waals surface area contributed by atoms with Crippen LogP contribution in [-0.2, 0) is 4.79 Å². The van der Waals surface area contributed by atoms with Crippen LogP contribution in [0.15, 0.2) is 36.4 Å². The van der Waals surface area contributed by atoms with Crippen LogP contribution in [0.2, 0.25) is 15.1 Å². The fourth-order valence-corrected chi connectivity index (χ4v) is 2.64. The minimum atomic E-state index is -0.694. The van der Waals surface area contributed by atoms with Crippen LogP contribution in [0.1, 0.15) is 32.3 Å². The van der Waals surface area contributed by atoms with Gasteiger partial charge in [0, 0.05) is 0 Å². The van der Waals surface area contributed by atoms with Crippen LogP contribution in [0.5, 0.6) is 5.75 Å². The summed E-state index contributed by atoms with van der Waals surface area (Å²) in [6.07, 6.45) is -0.694. The number of carbonyl (C=O) groups excluding carboxylic acids is 1. The molecule has 1 amide bonds. The van der Waals surface area contributed by atoms with Crippen LogP contribution >= 0.6 is 34.8 Å². The maximum absolute atomic E-state index is 12.3. The normalized spacial score (nSPS) is 12.1. The largest absolute Gasteiger partial charge is 0.481 e. The molecule has 3 nitrogen and oxygen atoms in total. The summed E-state index contributed by atoms with van der Waals surface area (Å²) in [6, 6.07) is 10.7. The number of nitrogens with one attached hydrogen (secondary N) is 1. The highest BCUT2D eigenvalue weighted by molar-refractivity contribution is 6.44. The average molecular weight is 387 g/mol. The topological polar surface area (TPSA) is 38.3 Å². The number of rotatable bonds is 5. The zero-order chi connectivity index (χ0) is 17.9. The van der Waals surface area contributed by atoms with E-state index in [2.05, 4.69) is 19.2 Å². The molecule has 2 aromatic rings. The minimum absolute atomic E-state index is 0.311. The zero-order valence-electron chi connectivity index (χ0n) is 13.6. The second kappa shape index (κ2) is 8.11. The van der Waals surface area contributed by atoms with Gasteiger partial charge in [0.25, 0.3) is 5.91 Å². The van der Waals surface area contributed by atoms with Crippen molar-refractivity contribution in [3.05, 3.63) is 57.0 Å². The summed E-state index contributed by atoms with van der Waals surface area (Å²) < 4.78 is 5.66. The van der Waals surface area contributed by atoms with Crippen molar-refractivity contribution in [2.45, 2.75) is 32.8 Å². The summed E-state index contributed by atoms with van der Waals surface area (Å²) in [4.78, 5) is 12.3. The van der Waals surface area contributed by atoms with Gasteiger partial charge < -0.3 is 10.1 Å². The van der Waals surface area contributed by atoms with Gasteiger partial charge in [-0.3, -0.25) is 4.79 Å². The summed E-state index contributed by atoms with van der Waals surface area (Å²) in [7, 11) is 0. The SMILES string of the molecule is CC(Oc1ccc(C(C)C)cc1)C(=O)Nc1cc(Cl)c(Cl)cc1Cl. The molecule has 0 bridgehead atoms. The Bertz CT molecular complexity index is 730. The lowest BCUT2D eigenvalue weighted by Crippen LogP contribution is -2.30. The third-order valence-electron chi connectivity index (χ3n) is 3.50. The van der Waals surface area contributed by atoms with Gasteiger partial charge in [-0.1, -0.05) is 60.8 Å². The quantitative estimate of drug-likeness (QED) is 0.623. The fourth-order valence-electron chi connectivity index (χ4n) is 2.04. The lowest BCUT2D eigenvalue weighted by Gasteiger charge is -2.16. The summed E-state index contributed by atoms with van der Waals surface area (Å²) in [5.41, 5.74) is 1.60. The number of amides is 1. The van der Waals surface area contributed by atoms with Gasteiger partial charge in [-0.25, -0.2) is 0 Å². The smallest absolute Gasteiger partial charge is 0.265 e. The Morgan fingerprint density at radius 2 is 1.54 bits per heavy atom. The van der Waals surface area contributed by atoms with E-state index in [1.54, 1.807) is 6.92 Å². The molecule has 0 saturated carbocycles. The van der Waals surface area contributed by atoms with Gasteiger partial charge in [-0.15, -0.1) is 0 Å². The first-order chi connectivity index (χ1) is 11.3. The Balaban J connectivity index is 2.03. The van der Waals surface area contributed by atoms with Crippen molar-refractivity contribution in [1.29, 1.82) is 0 Å². The molecule has 0 aliphatic rings. The van der Waals surface area contributed by atoms with E-state index in [1.807, 2.05) is 24.3 Å². The highest BCUT2D eigenvalue weighted by Gasteiger charge is 2.17. The van der Waals surface area contributed by atoms with Crippen molar-refractivity contribution < 1.29 is 9.53 Å². The third-order valence-corrected chi connectivity index (χ3v) is 4.53. The van der Waals surface area contributed by atoms with Crippen LogP contribution in [0.25, 0.3) is 0 Å². The summed E-state index contributed by atoms with van der Waals surface area (Å²) >= 11 is 17.9. The first-order valence-electron chi connectivity index (χ1n) is 7.50. The van der Waals surface area contributed by atoms with Crippen molar-refractivity contribution in [3.8, 4) is 5.75 Å². The maximum Gasteiger partial charge on any atom is 0.265 e. The Labute approximate surface area is 156 Å². The Morgan fingerprint density at radius 3 is 2.12 bits per heavy atom. The number of ether oxygens (including phenoxy) is 1. The van der Waals surface area contributed by atoms with Gasteiger partial charge >= 0.3 is 0 Å². The molecule has 0 aliphatic carbocycles. The van der Waals surface area contributed by atoms with Crippen LogP contribution < -0.4 is 10.1 Å². The maximum atomic E-state index is 12.3. The first-order valence-corrected chi connectivity index (χ1v) is 8.63. The van der Waals surface area contributed by atoms with Gasteiger partial charge in [0.1, 0.15) is 5.75 Å². The molecule has 0 radical (unpaired) electrons. The van der Waals surface area contributed by atoms with Crippen molar-refractivity contribution in [2.24, 2.45) is 0 Å². The zero-order valence-corrected chi connectivity index (χ0v) is 15.8. The summed E-state index contributed by atoms with van der Waals surface area (Å²) in [6.45, 7) is 5.90. The van der Waals surface area contributed by atoms with Crippen LogP contribution in [0.3, 0.4) is 0 Å². The number of hydrogen-bond donors (Lipinski definition) is 1. The van der Waals surface area contributed by atoms with E-state index >= 15 is 0 Å². The van der Waals surface area contributed by atoms with E-state index in [0.717, 1.165) is 0 Å². The van der Waals surface area contributed by atoms with Gasteiger partial charge in [0.15, 0.2) is 6.10 Å². The standard InChI is InChI=1S/C18H18Cl3NO2/c1-10(2)12-4-6-13(7-5-12)24-11(3)18(23)22-17-9-15(20)14(19)8-16(17)21/h4-11H,1-3H3,(H,22,23). The predicted molar refractivity (Wildman–Crippen MR) is 101 cm³/mol. The minimum Gasteiger partial charge on any atom is -0.481 e. The predicted octanol–water partition coefficient (Wildman–Crippen LogP) is 6.18. The number of halogens is 3. The molecule has 0 aliphatic heterocycles. The van der Waals surface area contributed by atoms with Gasteiger partial charge in [-0.05, 0) is 42.7 Å². The molecular weight excluding hydrogens is 369 g/mol. The molecule has 24 heavy (non-hydrogen) atoms. The molecule has 128 valence electrons. The van der Waals surface area contributed by atoms with Crippen LogP contribution in [0.4, 0.5) is 5.69 Å². The van der Waals surface area contributed by atoms with E-state index in [4.69, 9.17) is 39.5 Å². The second-order valence-electron chi connectivity index (χ2n) is 5.72. The molecule has 0 spiro atoms. The van der Waals surface area contributed by atoms with E-state index in [0.29, 0.717) is 32.4 Å². The van der Waals surface area contributed by atoms with E-state index in [9.17, 15) is 4.79 Å². The summed E-state index contributed by atoms with van der Waals surface area (Å²) in [5, 5.41) is 3.64. The van der Waals surface area contributed by atoms with Crippen molar-refractivity contribution in [2.75, 3.05) is 5.32 Å². The summed E-state index contributed by atoms with van der Waals surface area (Å²) in [5.74, 6) is 0.738. The highest BCUT2D eigenvalue weighted by Crippen LogP contribution is 2.32. The molecule has 6 heteroatoms. The van der Waals surface area contributed by atoms with Crippen LogP contribution in [-0.4, -0.2) is 12.0 Å². The lowest BCUT2D eigenvalue weighted by atomic mass is 10.0. The van der Waals surface area contributed by atoms with E-state index < -0.39 is 6.10 Å². The van der Waals surface area contributed by atoms with Crippen molar-refractivity contribution in [3.63, 3.8) is 0 Å². The molecule has 0 saturated heterocycles. The van der Waals surface area contributed by atoms with Gasteiger partial charge in [0.2, 0.25) is 0 Å². The fraction of sp³-hybridized carbons (Fsp3) is 0.278. The number of anilines is 1. The van der Waals surface area contributed by atoms with Gasteiger partial charge in [0.05, 0.1) is 20.8 Å². The number of carbonyl (C=O) groups is 1. The van der Waals surface area contributed by atoms with Crippen molar-refractivity contribution in [1.82, 2.24) is 0 Å². The third kappa shape index (κ3) is 4.79. The number of hydrogen-bond acceptors (Lipinski definition) is 2. The second-order valence-corrected chi connectivity index (χ2v) is 6.94. The molecule has 1 unspecified atom stereocenters. The molecule has 2 rings (SSSR count). The molecular formula is C18H18Cl3NO2. The monoisotopic (exact) mass is 385 g/mol. The van der Waals surface area contributed by atoms with Crippen LogP contribution in [0, 0.1) is 0 Å². The molecule has 0 aromatic heterocycles. The molecule has 0 heterocycles. The molecule has 0 fully saturated rings. The Hall–Kier alpha value is -1.42. The molecule has 1 N–H and O–H groups in total. The molecule has 1 atom stereocenters. The number of benzene rings is 2. The Morgan fingerprint density at radius 1 is 0.958 bits per heavy atom. The van der Waals surface area contributed by atoms with E-state index in [-0.39, 0.29) is 5.91 Å². The highest BCUT2D eigenvalue weighted by atomic mass is 35.5. The average Bonchev–Trinajstić information content (AvgIpc) is 2.53.